The van der Waals surface area contributed by atoms with Gasteiger partial charge in [0.15, 0.2) is 5.65 Å². The Morgan fingerprint density at radius 3 is 2.40 bits per heavy atom. The minimum absolute atomic E-state index is 0.0224. The van der Waals surface area contributed by atoms with E-state index in [1.807, 2.05) is 69.3 Å². The number of ether oxygens (including phenoxy) is 1. The van der Waals surface area contributed by atoms with Crippen LogP contribution in [0.2, 0.25) is 0 Å². The molecule has 2 aromatic carbocycles. The van der Waals surface area contributed by atoms with Crippen molar-refractivity contribution in [1.29, 1.82) is 0 Å². The number of hydrogen-bond donors (Lipinski definition) is 2. The standard InChI is InChI=1S/C23H25N5O2/c1-4-14(3)25-23(29)19-20-22(27-18-9-7-6-8-17(18)26-20)28(21(19)24)15-10-12-16(13-11-15)30-5-2/h6-14H,4-5,24H2,1-3H3,(H,25,29)/t14-/m1/s1. The second-order valence-electron chi connectivity index (χ2n) is 7.19. The molecular formula is C23H25N5O2. The van der Waals surface area contributed by atoms with Crippen LogP contribution in [0.3, 0.4) is 0 Å². The van der Waals surface area contributed by atoms with Gasteiger partial charge in [0.1, 0.15) is 22.6 Å². The fraction of sp³-hybridized carbons (Fsp3) is 0.261. The second kappa shape index (κ2) is 8.02. The molecule has 30 heavy (non-hydrogen) atoms. The molecular weight excluding hydrogens is 378 g/mol. The van der Waals surface area contributed by atoms with Crippen molar-refractivity contribution in [3.8, 4) is 11.4 Å². The molecule has 7 nitrogen and oxygen atoms in total. The molecule has 3 N–H and O–H groups in total. The highest BCUT2D eigenvalue weighted by atomic mass is 16.5. The fourth-order valence-corrected chi connectivity index (χ4v) is 3.40. The maximum Gasteiger partial charge on any atom is 0.257 e. The van der Waals surface area contributed by atoms with Gasteiger partial charge in [0.25, 0.3) is 5.91 Å². The predicted molar refractivity (Wildman–Crippen MR) is 119 cm³/mol. The normalized spacial score (nSPS) is 12.2. The van der Waals surface area contributed by atoms with Gasteiger partial charge < -0.3 is 15.8 Å². The Morgan fingerprint density at radius 1 is 1.10 bits per heavy atom. The zero-order valence-electron chi connectivity index (χ0n) is 17.3. The van der Waals surface area contributed by atoms with Crippen molar-refractivity contribution in [2.75, 3.05) is 12.3 Å². The summed E-state index contributed by atoms with van der Waals surface area (Å²) >= 11 is 0. The Bertz CT molecular complexity index is 1210. The molecule has 154 valence electrons. The van der Waals surface area contributed by atoms with Crippen LogP contribution in [-0.4, -0.2) is 33.1 Å². The van der Waals surface area contributed by atoms with Gasteiger partial charge in [-0.1, -0.05) is 19.1 Å². The number of nitrogens with two attached hydrogens (primary N) is 1. The number of nitrogens with zero attached hydrogens (tertiary/aromatic N) is 3. The lowest BCUT2D eigenvalue weighted by atomic mass is 10.2. The van der Waals surface area contributed by atoms with Gasteiger partial charge >= 0.3 is 0 Å². The molecule has 0 aliphatic carbocycles. The summed E-state index contributed by atoms with van der Waals surface area (Å²) in [6, 6.07) is 15.1. The van der Waals surface area contributed by atoms with Crippen molar-refractivity contribution in [2.24, 2.45) is 0 Å². The molecule has 2 aromatic heterocycles. The van der Waals surface area contributed by atoms with Crippen LogP contribution in [0, 0.1) is 0 Å². The third-order valence-electron chi connectivity index (χ3n) is 5.12. The van der Waals surface area contributed by atoms with Gasteiger partial charge in [-0.25, -0.2) is 9.97 Å². The summed E-state index contributed by atoms with van der Waals surface area (Å²) in [5, 5.41) is 3.00. The highest BCUT2D eigenvalue weighted by molar-refractivity contribution is 6.11. The van der Waals surface area contributed by atoms with Crippen LogP contribution in [0.4, 0.5) is 5.82 Å². The summed E-state index contributed by atoms with van der Waals surface area (Å²) in [6.45, 7) is 6.51. The molecule has 7 heteroatoms. The van der Waals surface area contributed by atoms with Crippen LogP contribution in [0.25, 0.3) is 27.9 Å². The third-order valence-corrected chi connectivity index (χ3v) is 5.12. The van der Waals surface area contributed by atoms with Crippen LogP contribution in [0.1, 0.15) is 37.6 Å². The van der Waals surface area contributed by atoms with Crippen LogP contribution in [-0.2, 0) is 0 Å². The maximum absolute atomic E-state index is 13.1. The monoisotopic (exact) mass is 403 g/mol. The first-order valence-corrected chi connectivity index (χ1v) is 10.1. The van der Waals surface area contributed by atoms with Crippen molar-refractivity contribution in [2.45, 2.75) is 33.2 Å². The number of aromatic nitrogens is 3. The third kappa shape index (κ3) is 3.43. The Morgan fingerprint density at radius 2 is 1.77 bits per heavy atom. The first-order valence-electron chi connectivity index (χ1n) is 10.1. The van der Waals surface area contributed by atoms with Crippen LogP contribution >= 0.6 is 0 Å². The molecule has 0 saturated carbocycles. The smallest absolute Gasteiger partial charge is 0.257 e. The van der Waals surface area contributed by atoms with E-state index in [9.17, 15) is 4.79 Å². The number of carbonyl (C=O) groups excluding carboxylic acids is 1. The van der Waals surface area contributed by atoms with Gasteiger partial charge in [-0.05, 0) is 56.7 Å². The lowest BCUT2D eigenvalue weighted by molar-refractivity contribution is 0.0941. The summed E-state index contributed by atoms with van der Waals surface area (Å²) in [4.78, 5) is 22.6. The Labute approximate surface area is 174 Å². The van der Waals surface area contributed by atoms with Crippen LogP contribution in [0.5, 0.6) is 5.75 Å². The van der Waals surface area contributed by atoms with Crippen molar-refractivity contribution >= 4 is 33.9 Å². The molecule has 2 heterocycles. The van der Waals surface area contributed by atoms with E-state index in [-0.39, 0.29) is 11.9 Å². The molecule has 0 aliphatic heterocycles. The van der Waals surface area contributed by atoms with E-state index in [0.29, 0.717) is 34.7 Å². The fourth-order valence-electron chi connectivity index (χ4n) is 3.40. The average molecular weight is 403 g/mol. The first kappa shape index (κ1) is 19.7. The topological polar surface area (TPSA) is 95.1 Å². The molecule has 0 fully saturated rings. The largest absolute Gasteiger partial charge is 0.494 e. The number of amides is 1. The van der Waals surface area contributed by atoms with Crippen molar-refractivity contribution in [3.63, 3.8) is 0 Å². The van der Waals surface area contributed by atoms with Gasteiger partial charge in [0.05, 0.1) is 17.6 Å². The minimum atomic E-state index is -0.249. The Balaban J connectivity index is 1.95. The first-order chi connectivity index (χ1) is 14.5. The van der Waals surface area contributed by atoms with Crippen molar-refractivity contribution in [1.82, 2.24) is 19.9 Å². The van der Waals surface area contributed by atoms with E-state index in [1.165, 1.54) is 0 Å². The van der Waals surface area contributed by atoms with E-state index in [4.69, 9.17) is 20.4 Å². The van der Waals surface area contributed by atoms with Gasteiger partial charge in [0, 0.05) is 11.7 Å². The number of hydrogen-bond acceptors (Lipinski definition) is 5. The van der Waals surface area contributed by atoms with Crippen molar-refractivity contribution < 1.29 is 9.53 Å². The highest BCUT2D eigenvalue weighted by Crippen LogP contribution is 2.31. The number of nitrogen functional groups attached to an aromatic ring is 1. The van der Waals surface area contributed by atoms with E-state index in [1.54, 1.807) is 4.57 Å². The van der Waals surface area contributed by atoms with Crippen LogP contribution < -0.4 is 15.8 Å². The van der Waals surface area contributed by atoms with Crippen LogP contribution in [0.15, 0.2) is 48.5 Å². The number of para-hydroxylation sites is 2. The van der Waals surface area contributed by atoms with E-state index >= 15 is 0 Å². The number of benzene rings is 2. The molecule has 4 aromatic rings. The summed E-state index contributed by atoms with van der Waals surface area (Å²) in [7, 11) is 0. The zero-order valence-corrected chi connectivity index (χ0v) is 17.3. The minimum Gasteiger partial charge on any atom is -0.494 e. The number of carbonyl (C=O) groups is 1. The predicted octanol–water partition coefficient (Wildman–Crippen LogP) is 4.08. The van der Waals surface area contributed by atoms with Crippen molar-refractivity contribution in [3.05, 3.63) is 54.1 Å². The number of anilines is 1. The quantitative estimate of drug-likeness (QED) is 0.506. The van der Waals surface area contributed by atoms with E-state index in [2.05, 4.69) is 5.32 Å². The SMILES string of the molecule is CCOc1ccc(-n2c(N)c(C(=O)N[C@H](C)CC)c3nc4ccccc4nc32)cc1. The van der Waals surface area contributed by atoms with Gasteiger partial charge in [-0.2, -0.15) is 0 Å². The Hall–Kier alpha value is -3.61. The van der Waals surface area contributed by atoms with Gasteiger partial charge in [0.2, 0.25) is 0 Å². The van der Waals surface area contributed by atoms with Gasteiger partial charge in [-0.15, -0.1) is 0 Å². The average Bonchev–Trinajstić information content (AvgIpc) is 3.03. The maximum atomic E-state index is 13.1. The molecule has 0 bridgehead atoms. The summed E-state index contributed by atoms with van der Waals surface area (Å²) in [6.07, 6.45) is 0.817. The lowest BCUT2D eigenvalue weighted by Gasteiger charge is -2.12. The number of rotatable bonds is 6. The molecule has 0 saturated heterocycles. The summed E-state index contributed by atoms with van der Waals surface area (Å²) in [5.74, 6) is 0.828. The molecule has 0 aliphatic rings. The summed E-state index contributed by atoms with van der Waals surface area (Å²) in [5.41, 5.74) is 10.1. The zero-order chi connectivity index (χ0) is 21.3. The molecule has 1 atom stereocenters. The lowest BCUT2D eigenvalue weighted by Crippen LogP contribution is -2.32. The van der Waals surface area contributed by atoms with E-state index in [0.717, 1.165) is 23.4 Å². The number of fused-ring (bicyclic) bond motifs is 2. The van der Waals surface area contributed by atoms with Gasteiger partial charge in [-0.3, -0.25) is 9.36 Å². The second-order valence-corrected chi connectivity index (χ2v) is 7.19. The van der Waals surface area contributed by atoms with E-state index < -0.39 is 0 Å². The molecule has 0 unspecified atom stereocenters. The number of nitrogens with one attached hydrogen (secondary N) is 1. The highest BCUT2D eigenvalue weighted by Gasteiger charge is 2.25. The molecule has 4 rings (SSSR count). The summed E-state index contributed by atoms with van der Waals surface area (Å²) < 4.78 is 7.31. The molecule has 0 spiro atoms. The molecule has 0 radical (unpaired) electrons. The Kier molecular flexibility index (Phi) is 5.27. The molecule has 1 amide bonds.